The molecule has 0 aliphatic heterocycles. The summed E-state index contributed by atoms with van der Waals surface area (Å²) in [4.78, 5) is 0. The van der Waals surface area contributed by atoms with E-state index in [2.05, 4.69) is 18.8 Å². The molecule has 0 spiro atoms. The summed E-state index contributed by atoms with van der Waals surface area (Å²) in [5.74, 6) is 0. The van der Waals surface area contributed by atoms with Crippen molar-refractivity contribution in [1.82, 2.24) is 5.32 Å². The molecule has 0 aliphatic rings. The summed E-state index contributed by atoms with van der Waals surface area (Å²) in [5, 5.41) is 2.97. The van der Waals surface area contributed by atoms with Crippen molar-refractivity contribution in [1.29, 1.82) is 0 Å². The summed E-state index contributed by atoms with van der Waals surface area (Å²) < 4.78 is 0. The van der Waals surface area contributed by atoms with Gasteiger partial charge >= 0.3 is 0 Å². The van der Waals surface area contributed by atoms with Crippen molar-refractivity contribution >= 4 is 0 Å². The maximum absolute atomic E-state index is 3.56. The molecule has 0 unspecified atom stereocenters. The van der Waals surface area contributed by atoms with Crippen molar-refractivity contribution in [3.05, 3.63) is 19.6 Å². The fraction of sp³-hybridized carbons (Fsp3) is 0.400. The summed E-state index contributed by atoms with van der Waals surface area (Å²) in [6, 6.07) is 0. The second-order valence-corrected chi connectivity index (χ2v) is 0.993. The van der Waals surface area contributed by atoms with E-state index in [0.29, 0.717) is 0 Å². The molecule has 35 valence electrons. The summed E-state index contributed by atoms with van der Waals surface area (Å²) in [5.41, 5.74) is 0. The smallest absolute Gasteiger partial charge is 0.0132 e. The predicted octanol–water partition coefficient (Wildman–Crippen LogP) is 0.596. The van der Waals surface area contributed by atoms with Crippen LogP contribution < -0.4 is 5.32 Å². The van der Waals surface area contributed by atoms with Crippen LogP contribution in [0.15, 0.2) is 12.7 Å². The Morgan fingerprint density at radius 3 is 2.50 bits per heavy atom. The normalized spacial score (nSPS) is 8.17. The predicted molar refractivity (Wildman–Crippen MR) is 28.4 cm³/mol. The zero-order valence-electron chi connectivity index (χ0n) is 3.91. The fourth-order valence-electron chi connectivity index (χ4n) is 0.204. The van der Waals surface area contributed by atoms with Gasteiger partial charge in [0.2, 0.25) is 0 Å². The van der Waals surface area contributed by atoms with Crippen molar-refractivity contribution in [3.8, 4) is 0 Å². The summed E-state index contributed by atoms with van der Waals surface area (Å²) in [6.45, 7) is 8.72. The molecule has 0 bridgehead atoms. The molecular formula is C5H10N. The molecule has 1 radical (unpaired) electrons. The molecule has 0 saturated heterocycles. The Morgan fingerprint density at radius 1 is 1.67 bits per heavy atom. The highest BCUT2D eigenvalue weighted by Crippen LogP contribution is 1.54. The molecule has 1 N–H and O–H groups in total. The van der Waals surface area contributed by atoms with Crippen LogP contribution in [0.4, 0.5) is 0 Å². The Labute approximate surface area is 39.1 Å². The minimum atomic E-state index is 0.784. The van der Waals surface area contributed by atoms with Crippen LogP contribution in [0.3, 0.4) is 0 Å². The third-order valence-electron chi connectivity index (χ3n) is 0.465. The molecule has 0 heterocycles. The quantitative estimate of drug-likeness (QED) is 0.390. The number of rotatable bonds is 3. The lowest BCUT2D eigenvalue weighted by Crippen LogP contribution is -2.11. The summed E-state index contributed by atoms with van der Waals surface area (Å²) >= 11 is 0. The van der Waals surface area contributed by atoms with Crippen LogP contribution in [0.25, 0.3) is 0 Å². The maximum atomic E-state index is 3.56. The minimum Gasteiger partial charge on any atom is -0.313 e. The van der Waals surface area contributed by atoms with Gasteiger partial charge in [-0.15, -0.1) is 6.58 Å². The average molecular weight is 84.1 g/mol. The lowest BCUT2D eigenvalue weighted by Gasteiger charge is -1.88. The summed E-state index contributed by atoms with van der Waals surface area (Å²) in [7, 11) is 0. The average Bonchev–Trinajstić information content (AvgIpc) is 1.61. The van der Waals surface area contributed by atoms with E-state index in [1.807, 2.05) is 6.08 Å². The van der Waals surface area contributed by atoms with E-state index in [4.69, 9.17) is 0 Å². The van der Waals surface area contributed by atoms with E-state index in [1.165, 1.54) is 0 Å². The zero-order chi connectivity index (χ0) is 4.83. The molecule has 0 atom stereocenters. The first-order chi connectivity index (χ1) is 2.91. The molecule has 1 heteroatoms. The van der Waals surface area contributed by atoms with Gasteiger partial charge in [0.15, 0.2) is 0 Å². The van der Waals surface area contributed by atoms with Crippen LogP contribution in [-0.2, 0) is 0 Å². The van der Waals surface area contributed by atoms with E-state index in [9.17, 15) is 0 Å². The maximum Gasteiger partial charge on any atom is 0.0132 e. The fourth-order valence-corrected chi connectivity index (χ4v) is 0.204. The van der Waals surface area contributed by atoms with E-state index in [0.717, 1.165) is 13.1 Å². The third-order valence-corrected chi connectivity index (χ3v) is 0.465. The van der Waals surface area contributed by atoms with Gasteiger partial charge in [-0.2, -0.15) is 0 Å². The molecular weight excluding hydrogens is 74.1 g/mol. The van der Waals surface area contributed by atoms with Crippen molar-refractivity contribution in [3.63, 3.8) is 0 Å². The van der Waals surface area contributed by atoms with Crippen LogP contribution in [0, 0.1) is 6.92 Å². The molecule has 0 aromatic carbocycles. The van der Waals surface area contributed by atoms with Gasteiger partial charge in [-0.05, 0) is 13.5 Å². The van der Waals surface area contributed by atoms with E-state index in [1.54, 1.807) is 0 Å². The first-order valence-corrected chi connectivity index (χ1v) is 2.02. The molecule has 0 aromatic rings. The molecule has 0 fully saturated rings. The van der Waals surface area contributed by atoms with Gasteiger partial charge in [0.25, 0.3) is 0 Å². The molecule has 0 rings (SSSR count). The topological polar surface area (TPSA) is 12.0 Å². The highest BCUT2D eigenvalue weighted by atomic mass is 14.8. The standard InChI is InChI=1S/C5H10N/c1-3-5-6-4-2/h3,6H,1-2,4-5H2. The number of hydrogen-bond donors (Lipinski definition) is 1. The lowest BCUT2D eigenvalue weighted by molar-refractivity contribution is 0.842. The van der Waals surface area contributed by atoms with Gasteiger partial charge in [-0.1, -0.05) is 6.08 Å². The van der Waals surface area contributed by atoms with Crippen molar-refractivity contribution in [2.75, 3.05) is 13.1 Å². The number of nitrogens with one attached hydrogen (secondary N) is 1. The number of hydrogen-bond acceptors (Lipinski definition) is 1. The third kappa shape index (κ3) is 3.70. The van der Waals surface area contributed by atoms with Gasteiger partial charge in [-0.25, -0.2) is 0 Å². The monoisotopic (exact) mass is 84.1 g/mol. The van der Waals surface area contributed by atoms with E-state index in [-0.39, 0.29) is 0 Å². The first-order valence-electron chi connectivity index (χ1n) is 2.02. The van der Waals surface area contributed by atoms with Crippen LogP contribution in [0.2, 0.25) is 0 Å². The Balaban J connectivity index is 2.49. The van der Waals surface area contributed by atoms with Gasteiger partial charge in [-0.3, -0.25) is 0 Å². The highest BCUT2D eigenvalue weighted by Gasteiger charge is 1.66. The van der Waals surface area contributed by atoms with Crippen molar-refractivity contribution in [2.24, 2.45) is 0 Å². The first kappa shape index (κ1) is 5.70. The van der Waals surface area contributed by atoms with Crippen LogP contribution in [-0.4, -0.2) is 13.1 Å². The van der Waals surface area contributed by atoms with Gasteiger partial charge in [0, 0.05) is 6.54 Å². The summed E-state index contributed by atoms with van der Waals surface area (Å²) in [6.07, 6.45) is 1.81. The molecule has 1 nitrogen and oxygen atoms in total. The second kappa shape index (κ2) is 4.70. The molecule has 0 saturated carbocycles. The molecule has 6 heavy (non-hydrogen) atoms. The van der Waals surface area contributed by atoms with Gasteiger partial charge in [0.05, 0.1) is 0 Å². The van der Waals surface area contributed by atoms with Gasteiger partial charge < -0.3 is 5.32 Å². The second-order valence-electron chi connectivity index (χ2n) is 0.993. The SMILES string of the molecule is [CH2]CNCC=C. The van der Waals surface area contributed by atoms with Crippen molar-refractivity contribution < 1.29 is 0 Å². The lowest BCUT2D eigenvalue weighted by atomic mass is 10.6. The van der Waals surface area contributed by atoms with E-state index < -0.39 is 0 Å². The Hall–Kier alpha value is -0.300. The zero-order valence-corrected chi connectivity index (χ0v) is 3.91. The molecule has 0 amide bonds. The van der Waals surface area contributed by atoms with E-state index >= 15 is 0 Å². The minimum absolute atomic E-state index is 0.784. The molecule has 0 aromatic heterocycles. The van der Waals surface area contributed by atoms with Crippen LogP contribution in [0.1, 0.15) is 0 Å². The highest BCUT2D eigenvalue weighted by molar-refractivity contribution is 4.69. The van der Waals surface area contributed by atoms with Crippen LogP contribution >= 0.6 is 0 Å². The molecule has 0 aliphatic carbocycles. The Kier molecular flexibility index (Phi) is 4.46. The van der Waals surface area contributed by atoms with Crippen molar-refractivity contribution in [2.45, 2.75) is 0 Å². The Bertz CT molecular complexity index is 32.9. The largest absolute Gasteiger partial charge is 0.313 e. The van der Waals surface area contributed by atoms with Crippen LogP contribution in [0.5, 0.6) is 0 Å². The Morgan fingerprint density at radius 2 is 2.33 bits per heavy atom. The van der Waals surface area contributed by atoms with Gasteiger partial charge in [0.1, 0.15) is 0 Å².